The average Bonchev–Trinajstić information content (AvgIpc) is 2.71. The maximum atomic E-state index is 13.8. The molecule has 4 rings (SSSR count). The summed E-state index contributed by atoms with van der Waals surface area (Å²) in [5.41, 5.74) is -2.08. The second-order valence-corrected chi connectivity index (χ2v) is 7.68. The number of amides is 2. The van der Waals surface area contributed by atoms with Crippen LogP contribution in [0.15, 0.2) is 54.7 Å². The van der Waals surface area contributed by atoms with Gasteiger partial charge in [0, 0.05) is 22.7 Å². The number of para-hydroxylation sites is 1. The van der Waals surface area contributed by atoms with E-state index in [4.69, 9.17) is 21.1 Å². The zero-order chi connectivity index (χ0) is 23.6. The molecule has 1 atom stereocenters. The van der Waals surface area contributed by atoms with Crippen LogP contribution in [-0.4, -0.2) is 28.8 Å². The summed E-state index contributed by atoms with van der Waals surface area (Å²) >= 11 is 5.84. The van der Waals surface area contributed by atoms with Crippen molar-refractivity contribution in [3.63, 3.8) is 0 Å². The molecule has 1 aliphatic rings. The minimum absolute atomic E-state index is 0.0157. The molecule has 7 nitrogen and oxygen atoms in total. The molecule has 0 saturated carbocycles. The first-order valence-electron chi connectivity index (χ1n) is 9.83. The number of rotatable bonds is 5. The van der Waals surface area contributed by atoms with Gasteiger partial charge in [-0.15, -0.1) is 0 Å². The Hall–Kier alpha value is -3.37. The molecule has 11 heteroatoms. The number of nitrogens with one attached hydrogen (secondary N) is 2. The van der Waals surface area contributed by atoms with Gasteiger partial charge in [0.05, 0.1) is 12.8 Å². The Morgan fingerprint density at radius 2 is 1.85 bits per heavy atom. The van der Waals surface area contributed by atoms with Crippen LogP contribution >= 0.6 is 11.6 Å². The lowest BCUT2D eigenvalue weighted by molar-refractivity contribution is -0.333. The summed E-state index contributed by atoms with van der Waals surface area (Å²) in [5.74, 6) is 0.100. The van der Waals surface area contributed by atoms with E-state index in [0.717, 1.165) is 0 Å². The van der Waals surface area contributed by atoms with Gasteiger partial charge in [0.1, 0.15) is 17.3 Å². The van der Waals surface area contributed by atoms with E-state index in [-0.39, 0.29) is 35.9 Å². The van der Waals surface area contributed by atoms with Crippen molar-refractivity contribution in [2.45, 2.75) is 25.1 Å². The SMILES string of the molecule is Cc1ncc(NC(=O)Nc2ccc(Cl)cc2)c(Oc2ccccc2C2(C(F)(F)F)CCO2)n1. The third-order valence-electron chi connectivity index (χ3n) is 5.01. The molecule has 0 spiro atoms. The third kappa shape index (κ3) is 4.71. The lowest BCUT2D eigenvalue weighted by Gasteiger charge is -2.43. The number of carbonyl (C=O) groups is 1. The summed E-state index contributed by atoms with van der Waals surface area (Å²) < 4.78 is 52.3. The van der Waals surface area contributed by atoms with Gasteiger partial charge in [-0.1, -0.05) is 29.8 Å². The van der Waals surface area contributed by atoms with Crippen molar-refractivity contribution in [1.82, 2.24) is 9.97 Å². The molecular formula is C22H18ClF3N4O3. The lowest BCUT2D eigenvalue weighted by atomic mass is 9.85. The summed E-state index contributed by atoms with van der Waals surface area (Å²) in [6.07, 6.45) is -3.55. The minimum atomic E-state index is -4.63. The van der Waals surface area contributed by atoms with Crippen molar-refractivity contribution in [1.29, 1.82) is 0 Å². The Bertz CT molecular complexity index is 1170. The van der Waals surface area contributed by atoms with Crippen LogP contribution < -0.4 is 15.4 Å². The first-order valence-corrected chi connectivity index (χ1v) is 10.2. The molecule has 2 heterocycles. The molecule has 1 fully saturated rings. The van der Waals surface area contributed by atoms with Gasteiger partial charge in [-0.3, -0.25) is 0 Å². The molecule has 0 radical (unpaired) electrons. The van der Waals surface area contributed by atoms with E-state index in [9.17, 15) is 18.0 Å². The number of urea groups is 1. The molecule has 1 unspecified atom stereocenters. The number of ether oxygens (including phenoxy) is 2. The smallest absolute Gasteiger partial charge is 0.421 e. The number of aryl methyl sites for hydroxylation is 1. The van der Waals surface area contributed by atoms with Crippen molar-refractivity contribution in [3.8, 4) is 11.6 Å². The zero-order valence-corrected chi connectivity index (χ0v) is 18.0. The molecule has 1 saturated heterocycles. The van der Waals surface area contributed by atoms with Gasteiger partial charge < -0.3 is 20.1 Å². The fourth-order valence-corrected chi connectivity index (χ4v) is 3.44. The van der Waals surface area contributed by atoms with Gasteiger partial charge in [-0.25, -0.2) is 9.78 Å². The van der Waals surface area contributed by atoms with Crippen molar-refractivity contribution in [2.75, 3.05) is 17.2 Å². The fourth-order valence-electron chi connectivity index (χ4n) is 3.32. The number of aromatic nitrogens is 2. The number of halogens is 4. The van der Waals surface area contributed by atoms with Gasteiger partial charge in [0.2, 0.25) is 5.88 Å². The van der Waals surface area contributed by atoms with E-state index >= 15 is 0 Å². The number of nitrogens with zero attached hydrogens (tertiary/aromatic N) is 2. The highest BCUT2D eigenvalue weighted by atomic mass is 35.5. The Labute approximate surface area is 191 Å². The summed E-state index contributed by atoms with van der Waals surface area (Å²) in [5, 5.41) is 5.67. The molecule has 1 aliphatic heterocycles. The average molecular weight is 479 g/mol. The van der Waals surface area contributed by atoms with Crippen LogP contribution in [-0.2, 0) is 10.3 Å². The predicted octanol–water partition coefficient (Wildman–Crippen LogP) is 6.05. The molecule has 0 aliphatic carbocycles. The maximum Gasteiger partial charge on any atom is 0.421 e. The van der Waals surface area contributed by atoms with Crippen LogP contribution in [0.4, 0.5) is 29.3 Å². The fraction of sp³-hybridized carbons (Fsp3) is 0.227. The van der Waals surface area contributed by atoms with Crippen LogP contribution in [0.5, 0.6) is 11.6 Å². The van der Waals surface area contributed by atoms with Crippen molar-refractivity contribution in [3.05, 3.63) is 71.1 Å². The second kappa shape index (κ2) is 8.87. The molecular weight excluding hydrogens is 461 g/mol. The van der Waals surface area contributed by atoms with E-state index in [1.807, 2.05) is 0 Å². The Balaban J connectivity index is 1.61. The van der Waals surface area contributed by atoms with E-state index in [2.05, 4.69) is 20.6 Å². The van der Waals surface area contributed by atoms with Gasteiger partial charge in [-0.2, -0.15) is 18.2 Å². The van der Waals surface area contributed by atoms with Gasteiger partial charge in [-0.05, 0) is 37.3 Å². The normalized spacial score (nSPS) is 17.7. The standard InChI is InChI=1S/C22H18ClF3N4O3/c1-13-27-12-17(30-20(31)29-15-8-6-14(23)7-9-15)19(28-13)33-18-5-3-2-4-16(18)21(10-11-32-21)22(24,25)26/h2-9,12H,10-11H2,1H3,(H2,29,30,31). The second-order valence-electron chi connectivity index (χ2n) is 7.24. The van der Waals surface area contributed by atoms with Gasteiger partial charge in [0.25, 0.3) is 0 Å². The molecule has 2 aromatic carbocycles. The summed E-state index contributed by atoms with van der Waals surface area (Å²) in [7, 11) is 0. The topological polar surface area (TPSA) is 85.4 Å². The van der Waals surface area contributed by atoms with Crippen LogP contribution in [0.1, 0.15) is 17.8 Å². The summed E-state index contributed by atoms with van der Waals surface area (Å²) in [6.45, 7) is 1.57. The highest BCUT2D eigenvalue weighted by Gasteiger charge is 2.62. The Morgan fingerprint density at radius 3 is 2.48 bits per heavy atom. The molecule has 3 aromatic rings. The number of alkyl halides is 3. The monoisotopic (exact) mass is 478 g/mol. The molecule has 2 amide bonds. The summed E-state index contributed by atoms with van der Waals surface area (Å²) in [4.78, 5) is 20.6. The first-order chi connectivity index (χ1) is 15.7. The van der Waals surface area contributed by atoms with Gasteiger partial charge >= 0.3 is 12.2 Å². The Kier molecular flexibility index (Phi) is 6.13. The first kappa shape index (κ1) is 22.8. The number of hydrogen-bond acceptors (Lipinski definition) is 5. The zero-order valence-electron chi connectivity index (χ0n) is 17.2. The van der Waals surface area contributed by atoms with E-state index in [1.54, 1.807) is 31.2 Å². The van der Waals surface area contributed by atoms with Crippen LogP contribution in [0.2, 0.25) is 5.02 Å². The van der Waals surface area contributed by atoms with E-state index in [0.29, 0.717) is 16.5 Å². The van der Waals surface area contributed by atoms with E-state index in [1.165, 1.54) is 30.5 Å². The third-order valence-corrected chi connectivity index (χ3v) is 5.27. The number of hydrogen-bond donors (Lipinski definition) is 2. The van der Waals surface area contributed by atoms with Crippen LogP contribution in [0.3, 0.4) is 0 Å². The number of carbonyl (C=O) groups excluding carboxylic acids is 1. The molecule has 172 valence electrons. The lowest BCUT2D eigenvalue weighted by Crippen LogP contribution is -2.52. The quantitative estimate of drug-likeness (QED) is 0.466. The van der Waals surface area contributed by atoms with Crippen molar-refractivity contribution in [2.24, 2.45) is 0 Å². The molecule has 2 N–H and O–H groups in total. The van der Waals surface area contributed by atoms with E-state index < -0.39 is 17.8 Å². The largest absolute Gasteiger partial charge is 0.437 e. The van der Waals surface area contributed by atoms with Crippen LogP contribution in [0, 0.1) is 6.92 Å². The number of benzene rings is 2. The van der Waals surface area contributed by atoms with Crippen molar-refractivity contribution < 1.29 is 27.4 Å². The van der Waals surface area contributed by atoms with Gasteiger partial charge in [0.15, 0.2) is 5.60 Å². The number of anilines is 2. The summed E-state index contributed by atoms with van der Waals surface area (Å²) in [6, 6.07) is 11.5. The van der Waals surface area contributed by atoms with Crippen LogP contribution in [0.25, 0.3) is 0 Å². The highest BCUT2D eigenvalue weighted by molar-refractivity contribution is 6.30. The highest BCUT2D eigenvalue weighted by Crippen LogP contribution is 2.53. The Morgan fingerprint density at radius 1 is 1.15 bits per heavy atom. The minimum Gasteiger partial charge on any atom is -0.437 e. The van der Waals surface area contributed by atoms with Crippen molar-refractivity contribution >= 4 is 29.0 Å². The molecule has 33 heavy (non-hydrogen) atoms. The molecule has 0 bridgehead atoms. The molecule has 1 aromatic heterocycles. The predicted molar refractivity (Wildman–Crippen MR) is 116 cm³/mol. The maximum absolute atomic E-state index is 13.8.